The van der Waals surface area contributed by atoms with Crippen LogP contribution in [0.25, 0.3) is 0 Å². The molecule has 0 saturated heterocycles. The van der Waals surface area contributed by atoms with Gasteiger partial charge >= 0.3 is 0 Å². The predicted octanol–water partition coefficient (Wildman–Crippen LogP) is 2.28. The van der Waals surface area contributed by atoms with Crippen molar-refractivity contribution in [3.05, 3.63) is 29.3 Å². The van der Waals surface area contributed by atoms with Crippen LogP contribution < -0.4 is 4.74 Å². The second-order valence-corrected chi connectivity index (χ2v) is 6.28. The minimum absolute atomic E-state index is 0.0221. The van der Waals surface area contributed by atoms with Gasteiger partial charge in [-0.2, -0.15) is 5.26 Å². The van der Waals surface area contributed by atoms with Gasteiger partial charge in [-0.15, -0.1) is 0 Å². The van der Waals surface area contributed by atoms with Crippen LogP contribution in [-0.4, -0.2) is 21.3 Å². The van der Waals surface area contributed by atoms with Crippen molar-refractivity contribution < 1.29 is 13.2 Å². The first-order valence-corrected chi connectivity index (χ1v) is 7.62. The van der Waals surface area contributed by atoms with Crippen LogP contribution in [0.15, 0.2) is 18.2 Å². The van der Waals surface area contributed by atoms with Gasteiger partial charge in [0.25, 0.3) is 0 Å². The van der Waals surface area contributed by atoms with Gasteiger partial charge in [-0.1, -0.05) is 19.4 Å². The Morgan fingerprint density at radius 3 is 2.67 bits per heavy atom. The van der Waals surface area contributed by atoms with Gasteiger partial charge < -0.3 is 4.74 Å². The molecule has 0 heterocycles. The Morgan fingerprint density at radius 2 is 2.11 bits per heavy atom. The largest absolute Gasteiger partial charge is 0.495 e. The van der Waals surface area contributed by atoms with Gasteiger partial charge in [-0.25, -0.2) is 8.42 Å². The molecule has 0 aliphatic rings. The zero-order chi connectivity index (χ0) is 13.6. The molecule has 0 aromatic heterocycles. The highest BCUT2D eigenvalue weighted by Crippen LogP contribution is 2.20. The van der Waals surface area contributed by atoms with E-state index in [2.05, 4.69) is 0 Å². The average Bonchev–Trinajstić information content (AvgIpc) is 2.35. The Balaban J connectivity index is 2.90. The third-order valence-electron chi connectivity index (χ3n) is 2.58. The normalized spacial score (nSPS) is 10.9. The van der Waals surface area contributed by atoms with Crippen molar-refractivity contribution in [2.24, 2.45) is 0 Å². The smallest absolute Gasteiger partial charge is 0.154 e. The predicted molar refractivity (Wildman–Crippen MR) is 70.1 cm³/mol. The summed E-state index contributed by atoms with van der Waals surface area (Å²) in [6.07, 6.45) is 1.52. The van der Waals surface area contributed by atoms with Gasteiger partial charge in [0.1, 0.15) is 11.8 Å². The number of nitrogens with zero attached hydrogens (tertiary/aromatic N) is 1. The lowest BCUT2D eigenvalue weighted by Gasteiger charge is -2.07. The standard InChI is InChI=1S/C13H17NO3S/c1-3-4-7-18(15,16)10-11-5-6-13(17-2)12(8-11)9-14/h5-6,8H,3-4,7,10H2,1-2H3. The fourth-order valence-corrected chi connectivity index (χ4v) is 3.18. The maximum atomic E-state index is 11.8. The number of sulfone groups is 1. The summed E-state index contributed by atoms with van der Waals surface area (Å²) in [5, 5.41) is 8.93. The Labute approximate surface area is 108 Å². The molecular formula is C13H17NO3S. The van der Waals surface area contributed by atoms with E-state index >= 15 is 0 Å². The van der Waals surface area contributed by atoms with Gasteiger partial charge in [0.05, 0.1) is 24.2 Å². The van der Waals surface area contributed by atoms with Crippen LogP contribution in [0.5, 0.6) is 5.75 Å². The fourth-order valence-electron chi connectivity index (χ4n) is 1.62. The van der Waals surface area contributed by atoms with E-state index in [9.17, 15) is 8.42 Å². The molecular weight excluding hydrogens is 250 g/mol. The van der Waals surface area contributed by atoms with E-state index in [1.807, 2.05) is 13.0 Å². The van der Waals surface area contributed by atoms with Gasteiger partial charge in [0, 0.05) is 0 Å². The van der Waals surface area contributed by atoms with Crippen molar-refractivity contribution in [2.75, 3.05) is 12.9 Å². The number of nitriles is 1. The van der Waals surface area contributed by atoms with Crippen molar-refractivity contribution >= 4 is 9.84 Å². The molecule has 4 nitrogen and oxygen atoms in total. The number of hydrogen-bond acceptors (Lipinski definition) is 4. The summed E-state index contributed by atoms with van der Waals surface area (Å²) in [6, 6.07) is 6.88. The van der Waals surface area contributed by atoms with Gasteiger partial charge in [-0.05, 0) is 24.1 Å². The maximum absolute atomic E-state index is 11.8. The fraction of sp³-hybridized carbons (Fsp3) is 0.462. The van der Waals surface area contributed by atoms with Crippen LogP contribution in [0.4, 0.5) is 0 Å². The molecule has 0 amide bonds. The van der Waals surface area contributed by atoms with Crippen LogP contribution in [0.3, 0.4) is 0 Å². The third-order valence-corrected chi connectivity index (χ3v) is 4.26. The Hall–Kier alpha value is -1.54. The first-order valence-electron chi connectivity index (χ1n) is 5.80. The highest BCUT2D eigenvalue weighted by Gasteiger charge is 2.13. The van der Waals surface area contributed by atoms with Crippen molar-refractivity contribution in [2.45, 2.75) is 25.5 Å². The minimum atomic E-state index is -3.09. The lowest BCUT2D eigenvalue weighted by Crippen LogP contribution is -2.09. The molecule has 0 bridgehead atoms. The Morgan fingerprint density at radius 1 is 1.39 bits per heavy atom. The van der Waals surface area contributed by atoms with E-state index in [1.165, 1.54) is 7.11 Å². The van der Waals surface area contributed by atoms with E-state index in [-0.39, 0.29) is 11.5 Å². The first-order chi connectivity index (χ1) is 8.52. The van der Waals surface area contributed by atoms with E-state index in [0.717, 1.165) is 6.42 Å². The second kappa shape index (κ2) is 6.41. The molecule has 0 spiro atoms. The zero-order valence-electron chi connectivity index (χ0n) is 10.6. The first kappa shape index (κ1) is 14.5. The molecule has 1 aromatic rings. The molecule has 98 valence electrons. The van der Waals surface area contributed by atoms with Crippen molar-refractivity contribution in [1.29, 1.82) is 5.26 Å². The van der Waals surface area contributed by atoms with Gasteiger partial charge in [0.15, 0.2) is 9.84 Å². The molecule has 1 rings (SSSR count). The molecule has 0 aliphatic heterocycles. The monoisotopic (exact) mass is 267 g/mol. The quantitative estimate of drug-likeness (QED) is 0.793. The van der Waals surface area contributed by atoms with Crippen molar-refractivity contribution in [3.63, 3.8) is 0 Å². The van der Waals surface area contributed by atoms with Gasteiger partial charge in [-0.3, -0.25) is 0 Å². The molecule has 0 N–H and O–H groups in total. The molecule has 18 heavy (non-hydrogen) atoms. The Kier molecular flexibility index (Phi) is 5.17. The third kappa shape index (κ3) is 4.04. The molecule has 0 radical (unpaired) electrons. The van der Waals surface area contributed by atoms with E-state index in [0.29, 0.717) is 23.3 Å². The highest BCUT2D eigenvalue weighted by molar-refractivity contribution is 7.90. The number of methoxy groups -OCH3 is 1. The summed E-state index contributed by atoms with van der Waals surface area (Å²) in [7, 11) is -1.61. The van der Waals surface area contributed by atoms with Crippen LogP contribution >= 0.6 is 0 Å². The van der Waals surface area contributed by atoms with Crippen LogP contribution in [0.1, 0.15) is 30.9 Å². The topological polar surface area (TPSA) is 67.2 Å². The SMILES string of the molecule is CCCCS(=O)(=O)Cc1ccc(OC)c(C#N)c1. The maximum Gasteiger partial charge on any atom is 0.154 e. The van der Waals surface area contributed by atoms with Crippen molar-refractivity contribution in [3.8, 4) is 11.8 Å². The molecule has 0 unspecified atom stereocenters. The summed E-state index contributed by atoms with van der Waals surface area (Å²) >= 11 is 0. The zero-order valence-corrected chi connectivity index (χ0v) is 11.5. The number of unbranched alkanes of at least 4 members (excludes halogenated alkanes) is 1. The van der Waals surface area contributed by atoms with E-state index in [1.54, 1.807) is 18.2 Å². The number of benzene rings is 1. The summed E-state index contributed by atoms with van der Waals surface area (Å²) in [4.78, 5) is 0. The van der Waals surface area contributed by atoms with Crippen LogP contribution in [0.2, 0.25) is 0 Å². The Bertz CT molecular complexity index is 544. The second-order valence-electron chi connectivity index (χ2n) is 4.09. The summed E-state index contributed by atoms with van der Waals surface area (Å²) < 4.78 is 28.6. The van der Waals surface area contributed by atoms with E-state index < -0.39 is 9.84 Å². The van der Waals surface area contributed by atoms with Crippen LogP contribution in [-0.2, 0) is 15.6 Å². The molecule has 0 atom stereocenters. The molecule has 0 saturated carbocycles. The number of ether oxygens (including phenoxy) is 1. The summed E-state index contributed by atoms with van der Waals surface area (Å²) in [6.45, 7) is 1.96. The lowest BCUT2D eigenvalue weighted by molar-refractivity contribution is 0.413. The minimum Gasteiger partial charge on any atom is -0.495 e. The molecule has 1 aromatic carbocycles. The van der Waals surface area contributed by atoms with Crippen LogP contribution in [0, 0.1) is 11.3 Å². The van der Waals surface area contributed by atoms with Crippen molar-refractivity contribution in [1.82, 2.24) is 0 Å². The summed E-state index contributed by atoms with van der Waals surface area (Å²) in [5.74, 6) is 0.635. The number of hydrogen-bond donors (Lipinski definition) is 0. The average molecular weight is 267 g/mol. The van der Waals surface area contributed by atoms with E-state index in [4.69, 9.17) is 10.00 Å². The molecule has 0 aliphatic carbocycles. The molecule has 0 fully saturated rings. The van der Waals surface area contributed by atoms with Gasteiger partial charge in [0.2, 0.25) is 0 Å². The summed E-state index contributed by atoms with van der Waals surface area (Å²) in [5.41, 5.74) is 0.990. The molecule has 5 heteroatoms. The lowest BCUT2D eigenvalue weighted by atomic mass is 10.1. The highest BCUT2D eigenvalue weighted by atomic mass is 32.2. The number of rotatable bonds is 6.